The van der Waals surface area contributed by atoms with Crippen molar-refractivity contribution in [3.05, 3.63) is 22.7 Å². The fourth-order valence-corrected chi connectivity index (χ4v) is 1.28. The Morgan fingerprint density at radius 1 is 1.38 bits per heavy atom. The lowest BCUT2D eigenvalue weighted by Crippen LogP contribution is -2.06. The molecule has 0 bridgehead atoms. The van der Waals surface area contributed by atoms with Gasteiger partial charge < -0.3 is 10.5 Å². The third kappa shape index (κ3) is 2.52. The first-order valence-electron chi connectivity index (χ1n) is 4.23. The second-order valence-electron chi connectivity index (χ2n) is 3.31. The van der Waals surface area contributed by atoms with Crippen molar-refractivity contribution in [1.29, 1.82) is 0 Å². The van der Waals surface area contributed by atoms with Crippen LogP contribution in [0.25, 0.3) is 0 Å². The van der Waals surface area contributed by atoms with Crippen LogP contribution in [0.3, 0.4) is 0 Å². The molecule has 2 nitrogen and oxygen atoms in total. The number of hydrogen-bond donors (Lipinski definition) is 1. The van der Waals surface area contributed by atoms with Gasteiger partial charge in [-0.15, -0.1) is 0 Å². The van der Waals surface area contributed by atoms with E-state index in [-0.39, 0.29) is 6.10 Å². The fourth-order valence-electron chi connectivity index (χ4n) is 1.01. The van der Waals surface area contributed by atoms with Crippen molar-refractivity contribution in [3.8, 4) is 5.75 Å². The van der Waals surface area contributed by atoms with Gasteiger partial charge in [0.25, 0.3) is 0 Å². The molecule has 0 aliphatic rings. The summed E-state index contributed by atoms with van der Waals surface area (Å²) in [6, 6.07) is 3.58. The normalized spacial score (nSPS) is 10.5. The summed E-state index contributed by atoms with van der Waals surface area (Å²) in [5, 5.41) is 0.611. The number of benzene rings is 1. The van der Waals surface area contributed by atoms with Crippen LogP contribution in [-0.4, -0.2) is 6.10 Å². The van der Waals surface area contributed by atoms with Gasteiger partial charge in [0.05, 0.1) is 11.1 Å². The summed E-state index contributed by atoms with van der Waals surface area (Å²) in [4.78, 5) is 0. The average Bonchev–Trinajstić information content (AvgIpc) is 1.99. The van der Waals surface area contributed by atoms with E-state index in [1.165, 1.54) is 0 Å². The molecule has 0 spiro atoms. The SMILES string of the molecule is Cc1cc(Cl)c(OC(C)C)cc1N. The van der Waals surface area contributed by atoms with E-state index >= 15 is 0 Å². The quantitative estimate of drug-likeness (QED) is 0.744. The number of rotatable bonds is 2. The Balaban J connectivity index is 3.01. The molecular weight excluding hydrogens is 186 g/mol. The van der Waals surface area contributed by atoms with E-state index < -0.39 is 0 Å². The topological polar surface area (TPSA) is 35.2 Å². The van der Waals surface area contributed by atoms with E-state index in [2.05, 4.69) is 0 Å². The Morgan fingerprint density at radius 2 is 2.00 bits per heavy atom. The highest BCUT2D eigenvalue weighted by Crippen LogP contribution is 2.29. The Kier molecular flexibility index (Phi) is 3.04. The van der Waals surface area contributed by atoms with Crippen molar-refractivity contribution in [2.75, 3.05) is 5.73 Å². The van der Waals surface area contributed by atoms with Crippen LogP contribution in [0.2, 0.25) is 5.02 Å². The number of nitrogens with two attached hydrogens (primary N) is 1. The van der Waals surface area contributed by atoms with E-state index in [0.717, 1.165) is 5.56 Å². The number of halogens is 1. The molecule has 1 aromatic carbocycles. The molecule has 0 aromatic heterocycles. The molecule has 0 aliphatic heterocycles. The van der Waals surface area contributed by atoms with Crippen molar-refractivity contribution >= 4 is 17.3 Å². The van der Waals surface area contributed by atoms with Crippen molar-refractivity contribution in [2.45, 2.75) is 26.9 Å². The second-order valence-corrected chi connectivity index (χ2v) is 3.71. The Hall–Kier alpha value is -0.890. The molecular formula is C10H14ClNO. The lowest BCUT2D eigenvalue weighted by Gasteiger charge is -2.12. The largest absolute Gasteiger partial charge is 0.489 e. The van der Waals surface area contributed by atoms with Crippen LogP contribution in [0.5, 0.6) is 5.75 Å². The summed E-state index contributed by atoms with van der Waals surface area (Å²) < 4.78 is 5.47. The maximum atomic E-state index is 5.97. The molecule has 0 saturated carbocycles. The van der Waals surface area contributed by atoms with Gasteiger partial charge in [-0.05, 0) is 32.4 Å². The minimum atomic E-state index is 0.111. The highest BCUT2D eigenvalue weighted by molar-refractivity contribution is 6.32. The van der Waals surface area contributed by atoms with Crippen molar-refractivity contribution in [1.82, 2.24) is 0 Å². The Labute approximate surface area is 83.6 Å². The van der Waals surface area contributed by atoms with Gasteiger partial charge in [-0.25, -0.2) is 0 Å². The van der Waals surface area contributed by atoms with Gasteiger partial charge in [0.1, 0.15) is 5.75 Å². The van der Waals surface area contributed by atoms with Gasteiger partial charge >= 0.3 is 0 Å². The number of anilines is 1. The first kappa shape index (κ1) is 10.2. The maximum Gasteiger partial charge on any atom is 0.140 e. The lowest BCUT2D eigenvalue weighted by atomic mass is 10.2. The lowest BCUT2D eigenvalue weighted by molar-refractivity contribution is 0.242. The van der Waals surface area contributed by atoms with Gasteiger partial charge in [-0.1, -0.05) is 11.6 Å². The van der Waals surface area contributed by atoms with Gasteiger partial charge in [0.2, 0.25) is 0 Å². The predicted molar refractivity (Wildman–Crippen MR) is 56.4 cm³/mol. The van der Waals surface area contributed by atoms with Gasteiger partial charge in [-0.2, -0.15) is 0 Å². The van der Waals surface area contributed by atoms with Gasteiger partial charge in [0.15, 0.2) is 0 Å². The summed E-state index contributed by atoms with van der Waals surface area (Å²) in [5.41, 5.74) is 7.41. The zero-order chi connectivity index (χ0) is 10.0. The van der Waals surface area contributed by atoms with Gasteiger partial charge in [-0.3, -0.25) is 0 Å². The highest BCUT2D eigenvalue weighted by atomic mass is 35.5. The number of aryl methyl sites for hydroxylation is 1. The van der Waals surface area contributed by atoms with Crippen molar-refractivity contribution in [2.24, 2.45) is 0 Å². The number of hydrogen-bond acceptors (Lipinski definition) is 2. The molecule has 3 heteroatoms. The molecule has 0 amide bonds. The molecule has 0 radical (unpaired) electrons. The molecule has 13 heavy (non-hydrogen) atoms. The summed E-state index contributed by atoms with van der Waals surface area (Å²) in [6.07, 6.45) is 0.111. The minimum Gasteiger partial charge on any atom is -0.489 e. The fraction of sp³-hybridized carbons (Fsp3) is 0.400. The van der Waals surface area contributed by atoms with Crippen LogP contribution in [-0.2, 0) is 0 Å². The molecule has 0 aliphatic carbocycles. The van der Waals surface area contributed by atoms with Crippen LogP contribution in [0.4, 0.5) is 5.69 Å². The standard InChI is InChI=1S/C10H14ClNO/c1-6(2)13-10-5-9(12)7(3)4-8(10)11/h4-6H,12H2,1-3H3. The zero-order valence-corrected chi connectivity index (χ0v) is 8.85. The third-order valence-corrected chi connectivity index (χ3v) is 1.98. The van der Waals surface area contributed by atoms with Crippen LogP contribution in [0.15, 0.2) is 12.1 Å². The molecule has 0 saturated heterocycles. The van der Waals surface area contributed by atoms with Crippen molar-refractivity contribution < 1.29 is 4.74 Å². The van der Waals surface area contributed by atoms with Crippen LogP contribution >= 0.6 is 11.6 Å². The first-order chi connectivity index (χ1) is 6.00. The predicted octanol–water partition coefficient (Wildman–Crippen LogP) is 3.02. The Bertz CT molecular complexity index is 310. The second kappa shape index (κ2) is 3.88. The summed E-state index contributed by atoms with van der Waals surface area (Å²) in [5.74, 6) is 0.653. The van der Waals surface area contributed by atoms with Crippen LogP contribution in [0.1, 0.15) is 19.4 Å². The number of nitrogen functional groups attached to an aromatic ring is 1. The monoisotopic (exact) mass is 199 g/mol. The molecule has 72 valence electrons. The summed E-state index contributed by atoms with van der Waals surface area (Å²) in [6.45, 7) is 5.82. The van der Waals surface area contributed by atoms with E-state index in [1.54, 1.807) is 6.07 Å². The number of ether oxygens (including phenoxy) is 1. The maximum absolute atomic E-state index is 5.97. The smallest absolute Gasteiger partial charge is 0.140 e. The average molecular weight is 200 g/mol. The van der Waals surface area contributed by atoms with Gasteiger partial charge in [0, 0.05) is 11.8 Å². The van der Waals surface area contributed by atoms with Crippen LogP contribution in [0, 0.1) is 6.92 Å². The van der Waals surface area contributed by atoms with Crippen LogP contribution < -0.4 is 10.5 Å². The Morgan fingerprint density at radius 3 is 2.54 bits per heavy atom. The third-order valence-electron chi connectivity index (χ3n) is 1.68. The zero-order valence-electron chi connectivity index (χ0n) is 8.10. The van der Waals surface area contributed by atoms with E-state index in [1.807, 2.05) is 26.8 Å². The first-order valence-corrected chi connectivity index (χ1v) is 4.60. The summed E-state index contributed by atoms with van der Waals surface area (Å²) in [7, 11) is 0. The molecule has 1 aromatic rings. The molecule has 2 N–H and O–H groups in total. The van der Waals surface area contributed by atoms with Crippen molar-refractivity contribution in [3.63, 3.8) is 0 Å². The highest BCUT2D eigenvalue weighted by Gasteiger charge is 2.06. The van der Waals surface area contributed by atoms with E-state index in [9.17, 15) is 0 Å². The molecule has 0 atom stereocenters. The van der Waals surface area contributed by atoms with E-state index in [0.29, 0.717) is 16.5 Å². The molecule has 1 rings (SSSR count). The molecule has 0 heterocycles. The minimum absolute atomic E-state index is 0.111. The molecule has 0 unspecified atom stereocenters. The summed E-state index contributed by atoms with van der Waals surface area (Å²) >= 11 is 5.97. The molecule has 0 fully saturated rings. The van der Waals surface area contributed by atoms with E-state index in [4.69, 9.17) is 22.1 Å².